The summed E-state index contributed by atoms with van der Waals surface area (Å²) in [6.07, 6.45) is 0. The highest BCUT2D eigenvalue weighted by Gasteiger charge is 2.19. The molecule has 0 aliphatic heterocycles. The third kappa shape index (κ3) is 2.48. The summed E-state index contributed by atoms with van der Waals surface area (Å²) in [6, 6.07) is 14.4. The van der Waals surface area contributed by atoms with Gasteiger partial charge in [-0.25, -0.2) is 0 Å². The monoisotopic (exact) mass is 294 g/mol. The Balaban J connectivity index is 2.12. The number of aromatic nitrogens is 2. The number of nitrogens with zero attached hydrogens (tertiary/aromatic N) is 2. The Morgan fingerprint density at radius 2 is 1.77 bits per heavy atom. The van der Waals surface area contributed by atoms with Crippen LogP contribution in [0.25, 0.3) is 10.9 Å². The molecule has 2 aromatic carbocycles. The number of aliphatic carboxylic acids is 1. The highest BCUT2D eigenvalue weighted by atomic mass is 16.4. The van der Waals surface area contributed by atoms with Crippen molar-refractivity contribution in [2.45, 2.75) is 13.5 Å². The second-order valence-corrected chi connectivity index (χ2v) is 5.11. The van der Waals surface area contributed by atoms with Crippen LogP contribution in [0.3, 0.4) is 0 Å². The maximum Gasteiger partial charge on any atom is 0.325 e. The van der Waals surface area contributed by atoms with Gasteiger partial charge in [-0.2, -0.15) is 5.10 Å². The lowest BCUT2D eigenvalue weighted by atomic mass is 10.0. The van der Waals surface area contributed by atoms with Gasteiger partial charge in [0.2, 0.25) is 5.78 Å². The average molecular weight is 294 g/mol. The quantitative estimate of drug-likeness (QED) is 0.751. The molecule has 0 spiro atoms. The van der Waals surface area contributed by atoms with E-state index in [1.54, 1.807) is 36.4 Å². The van der Waals surface area contributed by atoms with Gasteiger partial charge in [-0.3, -0.25) is 14.3 Å². The first kappa shape index (κ1) is 14.0. The SMILES string of the molecule is Cc1ccc(C(=O)c2nn(CC(=O)O)c3ccccc23)cc1. The minimum absolute atomic E-state index is 0.208. The maximum absolute atomic E-state index is 12.6. The fourth-order valence-corrected chi connectivity index (χ4v) is 2.39. The van der Waals surface area contributed by atoms with Gasteiger partial charge < -0.3 is 5.11 Å². The van der Waals surface area contributed by atoms with E-state index < -0.39 is 5.97 Å². The molecule has 1 heterocycles. The molecule has 5 heteroatoms. The number of carbonyl (C=O) groups excluding carboxylic acids is 1. The van der Waals surface area contributed by atoms with Crippen LogP contribution in [-0.2, 0) is 11.3 Å². The molecule has 22 heavy (non-hydrogen) atoms. The lowest BCUT2D eigenvalue weighted by Gasteiger charge is -1.99. The van der Waals surface area contributed by atoms with Gasteiger partial charge in [0.15, 0.2) is 0 Å². The largest absolute Gasteiger partial charge is 0.480 e. The van der Waals surface area contributed by atoms with E-state index in [-0.39, 0.29) is 18.0 Å². The fraction of sp³-hybridized carbons (Fsp3) is 0.118. The van der Waals surface area contributed by atoms with Gasteiger partial charge >= 0.3 is 5.97 Å². The highest BCUT2D eigenvalue weighted by Crippen LogP contribution is 2.21. The first-order chi connectivity index (χ1) is 10.6. The van der Waals surface area contributed by atoms with Crippen LogP contribution in [0.4, 0.5) is 0 Å². The molecule has 3 rings (SSSR count). The molecule has 0 amide bonds. The summed E-state index contributed by atoms with van der Waals surface area (Å²) in [5.74, 6) is -1.21. The van der Waals surface area contributed by atoms with Crippen LogP contribution in [0.15, 0.2) is 48.5 Å². The summed E-state index contributed by atoms with van der Waals surface area (Å²) in [5.41, 5.74) is 2.52. The van der Waals surface area contributed by atoms with Crippen LogP contribution in [0.1, 0.15) is 21.6 Å². The molecule has 0 saturated carbocycles. The Morgan fingerprint density at radius 3 is 2.45 bits per heavy atom. The first-order valence-corrected chi connectivity index (χ1v) is 6.85. The summed E-state index contributed by atoms with van der Waals surface area (Å²) in [4.78, 5) is 23.6. The Labute approximate surface area is 126 Å². The van der Waals surface area contributed by atoms with Crippen molar-refractivity contribution in [2.75, 3.05) is 0 Å². The van der Waals surface area contributed by atoms with Crippen LogP contribution in [0, 0.1) is 6.92 Å². The molecule has 110 valence electrons. The smallest absolute Gasteiger partial charge is 0.325 e. The van der Waals surface area contributed by atoms with E-state index in [9.17, 15) is 9.59 Å². The van der Waals surface area contributed by atoms with Crippen molar-refractivity contribution in [2.24, 2.45) is 0 Å². The normalized spacial score (nSPS) is 10.8. The third-order valence-corrected chi connectivity index (χ3v) is 3.47. The fourth-order valence-electron chi connectivity index (χ4n) is 2.39. The molecule has 3 aromatic rings. The molecule has 1 aromatic heterocycles. The Morgan fingerprint density at radius 1 is 1.09 bits per heavy atom. The Kier molecular flexibility index (Phi) is 3.47. The molecule has 1 N–H and O–H groups in total. The molecule has 0 bridgehead atoms. The van der Waals surface area contributed by atoms with E-state index in [1.165, 1.54) is 4.68 Å². The molecule has 0 radical (unpaired) electrons. The highest BCUT2D eigenvalue weighted by molar-refractivity contribution is 6.14. The van der Waals surface area contributed by atoms with Crippen molar-refractivity contribution >= 4 is 22.7 Å². The van der Waals surface area contributed by atoms with Gasteiger partial charge in [0, 0.05) is 10.9 Å². The summed E-state index contributed by atoms with van der Waals surface area (Å²) >= 11 is 0. The molecule has 0 atom stereocenters. The summed E-state index contributed by atoms with van der Waals surface area (Å²) < 4.78 is 1.35. The molecule has 0 unspecified atom stereocenters. The standard InChI is InChI=1S/C17H14N2O3/c1-11-6-8-12(9-7-11)17(22)16-13-4-2-3-5-14(13)19(18-16)10-15(20)21/h2-9H,10H2,1H3,(H,20,21). The van der Waals surface area contributed by atoms with Gasteiger partial charge in [0.1, 0.15) is 12.2 Å². The predicted molar refractivity (Wildman–Crippen MR) is 82.0 cm³/mol. The van der Waals surface area contributed by atoms with Crippen LogP contribution in [0.2, 0.25) is 0 Å². The summed E-state index contributed by atoms with van der Waals surface area (Å²) in [6.45, 7) is 1.67. The number of rotatable bonds is 4. The zero-order valence-corrected chi connectivity index (χ0v) is 12.0. The van der Waals surface area contributed by atoms with Crippen molar-refractivity contribution in [1.82, 2.24) is 9.78 Å². The lowest BCUT2D eigenvalue weighted by Crippen LogP contribution is -2.11. The minimum Gasteiger partial charge on any atom is -0.480 e. The Bertz CT molecular complexity index is 863. The van der Waals surface area contributed by atoms with Gasteiger partial charge in [-0.1, -0.05) is 48.0 Å². The van der Waals surface area contributed by atoms with Crippen molar-refractivity contribution in [3.63, 3.8) is 0 Å². The van der Waals surface area contributed by atoms with E-state index in [1.807, 2.05) is 19.1 Å². The molecule has 0 aliphatic carbocycles. The van der Waals surface area contributed by atoms with Crippen LogP contribution >= 0.6 is 0 Å². The van der Waals surface area contributed by atoms with E-state index in [4.69, 9.17) is 5.11 Å². The molecule has 5 nitrogen and oxygen atoms in total. The van der Waals surface area contributed by atoms with Crippen molar-refractivity contribution in [3.8, 4) is 0 Å². The average Bonchev–Trinajstić information content (AvgIpc) is 2.86. The molecule has 0 saturated heterocycles. The van der Waals surface area contributed by atoms with Gasteiger partial charge in [-0.15, -0.1) is 0 Å². The molecular formula is C17H14N2O3. The summed E-state index contributed by atoms with van der Waals surface area (Å²) in [7, 11) is 0. The predicted octanol–water partition coefficient (Wildman–Crippen LogP) is 2.66. The van der Waals surface area contributed by atoms with E-state index in [0.29, 0.717) is 16.5 Å². The van der Waals surface area contributed by atoms with Gasteiger partial charge in [-0.05, 0) is 13.0 Å². The summed E-state index contributed by atoms with van der Waals surface area (Å²) in [5, 5.41) is 13.9. The minimum atomic E-state index is -0.998. The number of carbonyl (C=O) groups is 2. The second-order valence-electron chi connectivity index (χ2n) is 5.11. The van der Waals surface area contributed by atoms with E-state index in [0.717, 1.165) is 5.56 Å². The lowest BCUT2D eigenvalue weighted by molar-refractivity contribution is -0.137. The number of aryl methyl sites for hydroxylation is 1. The van der Waals surface area contributed by atoms with Crippen molar-refractivity contribution in [1.29, 1.82) is 0 Å². The van der Waals surface area contributed by atoms with Crippen molar-refractivity contribution in [3.05, 3.63) is 65.4 Å². The van der Waals surface area contributed by atoms with Gasteiger partial charge in [0.25, 0.3) is 0 Å². The first-order valence-electron chi connectivity index (χ1n) is 6.85. The number of para-hydroxylation sites is 1. The third-order valence-electron chi connectivity index (χ3n) is 3.47. The van der Waals surface area contributed by atoms with Gasteiger partial charge in [0.05, 0.1) is 5.52 Å². The Hall–Kier alpha value is -2.95. The zero-order valence-electron chi connectivity index (χ0n) is 12.0. The number of carboxylic acid groups (broad SMARTS) is 1. The van der Waals surface area contributed by atoms with Crippen LogP contribution < -0.4 is 0 Å². The van der Waals surface area contributed by atoms with E-state index >= 15 is 0 Å². The number of carboxylic acids is 1. The van der Waals surface area contributed by atoms with Crippen LogP contribution in [-0.4, -0.2) is 26.6 Å². The number of fused-ring (bicyclic) bond motifs is 1. The molecule has 0 aliphatic rings. The maximum atomic E-state index is 12.6. The van der Waals surface area contributed by atoms with E-state index in [2.05, 4.69) is 5.10 Å². The number of hydrogen-bond acceptors (Lipinski definition) is 3. The number of benzene rings is 2. The van der Waals surface area contributed by atoms with Crippen molar-refractivity contribution < 1.29 is 14.7 Å². The number of ketones is 1. The molecule has 0 fully saturated rings. The molecular weight excluding hydrogens is 280 g/mol. The number of hydrogen-bond donors (Lipinski definition) is 1. The van der Waals surface area contributed by atoms with Crippen LogP contribution in [0.5, 0.6) is 0 Å². The second kappa shape index (κ2) is 5.44. The zero-order chi connectivity index (χ0) is 15.7. The topological polar surface area (TPSA) is 72.2 Å².